The van der Waals surface area contributed by atoms with Crippen LogP contribution in [0.2, 0.25) is 0 Å². The van der Waals surface area contributed by atoms with Crippen LogP contribution in [0, 0.1) is 6.92 Å². The lowest BCUT2D eigenvalue weighted by atomic mass is 9.62. The van der Waals surface area contributed by atoms with Crippen molar-refractivity contribution in [2.45, 2.75) is 200 Å². The van der Waals surface area contributed by atoms with Gasteiger partial charge in [0.25, 0.3) is 0 Å². The van der Waals surface area contributed by atoms with Crippen LogP contribution in [0.3, 0.4) is 0 Å². The Balaban J connectivity index is 1.14. The number of nitrogens with zero attached hydrogens (tertiary/aromatic N) is 2. The Kier molecular flexibility index (Phi) is 10.6. The van der Waals surface area contributed by atoms with Gasteiger partial charge in [-0.25, -0.2) is 0 Å². The van der Waals surface area contributed by atoms with E-state index in [-0.39, 0.29) is 43.8 Å². The monoisotopic (exact) mass is 1010 g/mol. The fourth-order valence-corrected chi connectivity index (χ4v) is 15.4. The summed E-state index contributed by atoms with van der Waals surface area (Å²) < 4.78 is 0. The molecule has 0 aromatic heterocycles. The number of hydrogen-bond acceptors (Lipinski definition) is 2. The number of rotatable bonds is 3. The van der Waals surface area contributed by atoms with E-state index in [1.54, 1.807) is 11.1 Å². The fraction of sp³-hybridized carbons (Fsp3) is 0.413. The summed E-state index contributed by atoms with van der Waals surface area (Å²) in [6.07, 6.45) is 6.63. The molecule has 7 aromatic carbocycles. The second kappa shape index (κ2) is 16.2. The van der Waals surface area contributed by atoms with Gasteiger partial charge in [0, 0.05) is 33.7 Å². The van der Waals surface area contributed by atoms with Crippen molar-refractivity contribution >= 4 is 34.1 Å². The Morgan fingerprint density at radius 3 is 1.66 bits per heavy atom. The highest BCUT2D eigenvalue weighted by molar-refractivity contribution is 6.04. The van der Waals surface area contributed by atoms with Crippen molar-refractivity contribution in [2.75, 3.05) is 9.80 Å². The van der Waals surface area contributed by atoms with Gasteiger partial charge in [-0.3, -0.25) is 0 Å². The number of allylic oxidation sites excluding steroid dienone is 1. The van der Waals surface area contributed by atoms with Crippen LogP contribution in [0.25, 0.3) is 16.8 Å². The lowest BCUT2D eigenvalue weighted by molar-refractivity contribution is 0.331. The largest absolute Gasteiger partial charge is 0.309 e. The van der Waals surface area contributed by atoms with E-state index in [0.29, 0.717) is 0 Å². The second-order valence-electron chi connectivity index (χ2n) is 30.0. The average Bonchev–Trinajstić information content (AvgIpc) is 3.96. The molecule has 77 heavy (non-hydrogen) atoms. The fourth-order valence-electron chi connectivity index (χ4n) is 15.4. The first-order valence-electron chi connectivity index (χ1n) is 29.4. The van der Waals surface area contributed by atoms with Crippen LogP contribution < -0.4 is 9.80 Å². The van der Waals surface area contributed by atoms with Crippen LogP contribution >= 0.6 is 0 Å². The summed E-state index contributed by atoms with van der Waals surface area (Å²) in [5.41, 5.74) is 33.8. The molecule has 394 valence electrons. The number of anilines is 5. The van der Waals surface area contributed by atoms with Crippen molar-refractivity contribution in [2.24, 2.45) is 0 Å². The lowest BCUT2D eigenvalue weighted by Gasteiger charge is -2.47. The van der Waals surface area contributed by atoms with Crippen molar-refractivity contribution in [3.05, 3.63) is 210 Å². The predicted molar refractivity (Wildman–Crippen MR) is 328 cm³/mol. The molecule has 0 spiro atoms. The summed E-state index contributed by atoms with van der Waals surface area (Å²) in [5, 5.41) is 0. The number of benzene rings is 7. The first kappa shape index (κ1) is 50.4. The Labute approximate surface area is 463 Å². The van der Waals surface area contributed by atoms with E-state index in [2.05, 4.69) is 249 Å². The van der Waals surface area contributed by atoms with Gasteiger partial charge < -0.3 is 9.80 Å². The van der Waals surface area contributed by atoms with E-state index in [0.717, 1.165) is 12.8 Å². The van der Waals surface area contributed by atoms with Gasteiger partial charge in [-0.2, -0.15) is 0 Å². The van der Waals surface area contributed by atoms with Crippen molar-refractivity contribution < 1.29 is 0 Å². The van der Waals surface area contributed by atoms with Gasteiger partial charge in [0.1, 0.15) is 0 Å². The molecule has 0 saturated carbocycles. The normalized spacial score (nSPS) is 20.5. The van der Waals surface area contributed by atoms with Crippen molar-refractivity contribution in [3.8, 4) is 11.1 Å². The Bertz CT molecular complexity index is 3700. The van der Waals surface area contributed by atoms with Gasteiger partial charge in [-0.15, -0.1) is 0 Å². The zero-order chi connectivity index (χ0) is 54.5. The highest BCUT2D eigenvalue weighted by Gasteiger charge is 2.49. The molecule has 7 aromatic rings. The molecule has 2 aliphatic heterocycles. The minimum atomic E-state index is -0.175. The van der Waals surface area contributed by atoms with Gasteiger partial charge >= 0.3 is 0 Å². The second-order valence-corrected chi connectivity index (χ2v) is 30.0. The van der Waals surface area contributed by atoms with Crippen LogP contribution in [-0.2, 0) is 50.7 Å². The summed E-state index contributed by atoms with van der Waals surface area (Å²) in [7, 11) is 0. The third kappa shape index (κ3) is 7.52. The Hall–Kier alpha value is -6.12. The molecular formula is C75H84N2. The van der Waals surface area contributed by atoms with Gasteiger partial charge in [0.15, 0.2) is 0 Å². The molecular weight excluding hydrogens is 929 g/mol. The molecule has 1 unspecified atom stereocenters. The third-order valence-corrected chi connectivity index (χ3v) is 20.4. The van der Waals surface area contributed by atoms with E-state index in [1.807, 2.05) is 0 Å². The quantitative estimate of drug-likeness (QED) is 0.174. The number of fused-ring (bicyclic) bond motifs is 9. The average molecular weight is 1010 g/mol. The molecule has 2 nitrogen and oxygen atoms in total. The number of aryl methyl sites for hydroxylation is 1. The van der Waals surface area contributed by atoms with E-state index >= 15 is 0 Å². The molecule has 0 bridgehead atoms. The highest BCUT2D eigenvalue weighted by Crippen LogP contribution is 2.65. The molecule has 0 saturated heterocycles. The molecule has 1 atom stereocenters. The van der Waals surface area contributed by atoms with E-state index in [1.165, 1.54) is 149 Å². The molecule has 2 heteroatoms. The van der Waals surface area contributed by atoms with Gasteiger partial charge in [0.05, 0.1) is 28.4 Å². The first-order chi connectivity index (χ1) is 36.0. The van der Waals surface area contributed by atoms with Crippen molar-refractivity contribution in [1.82, 2.24) is 0 Å². The van der Waals surface area contributed by atoms with Crippen LogP contribution in [0.5, 0.6) is 0 Å². The minimum absolute atomic E-state index is 0.0345. The van der Waals surface area contributed by atoms with Crippen LogP contribution in [0.15, 0.2) is 127 Å². The maximum absolute atomic E-state index is 2.78. The third-order valence-electron chi connectivity index (χ3n) is 20.4. The summed E-state index contributed by atoms with van der Waals surface area (Å²) in [6.45, 7) is 41.3. The maximum atomic E-state index is 2.78. The van der Waals surface area contributed by atoms with Gasteiger partial charge in [-0.05, 0) is 210 Å². The topological polar surface area (TPSA) is 6.48 Å². The van der Waals surface area contributed by atoms with Gasteiger partial charge in [-0.1, -0.05) is 184 Å². The van der Waals surface area contributed by atoms with Crippen molar-refractivity contribution in [3.63, 3.8) is 0 Å². The van der Waals surface area contributed by atoms with E-state index in [9.17, 15) is 0 Å². The Morgan fingerprint density at radius 2 is 1.01 bits per heavy atom. The predicted octanol–water partition coefficient (Wildman–Crippen LogP) is 20.2. The Morgan fingerprint density at radius 1 is 0.429 bits per heavy atom. The first-order valence-corrected chi connectivity index (χ1v) is 29.4. The van der Waals surface area contributed by atoms with Crippen LogP contribution in [0.4, 0.5) is 28.4 Å². The molecule has 0 amide bonds. The molecule has 4 aliphatic carbocycles. The van der Waals surface area contributed by atoms with Crippen LogP contribution in [-0.4, -0.2) is 0 Å². The van der Waals surface area contributed by atoms with E-state index < -0.39 is 0 Å². The van der Waals surface area contributed by atoms with E-state index in [4.69, 9.17) is 0 Å². The molecule has 0 radical (unpaired) electrons. The smallest absolute Gasteiger partial charge is 0.0542 e. The summed E-state index contributed by atoms with van der Waals surface area (Å²) >= 11 is 0. The zero-order valence-electron chi connectivity index (χ0n) is 49.8. The molecule has 13 rings (SSSR count). The number of hydrogen-bond donors (Lipinski definition) is 0. The highest BCUT2D eigenvalue weighted by atomic mass is 15.2. The molecule has 0 fully saturated rings. The SMILES string of the molecule is Cc1cc2c3c(c1)N(c1ccc(C(C)(C)C)cc1-c1ccc(C(C)(C)C)cc1)c1cc4c(cc1C3C1=C(c3cc5c(cc3C1)C(C)(C)CCC5(C)C)N2c1ccc2c(c1)C(C)(C)CCC2(C)C)C(C)(C)c1ccccc1C4. The summed E-state index contributed by atoms with van der Waals surface area (Å²) in [6, 6.07) is 49.8. The van der Waals surface area contributed by atoms with Crippen molar-refractivity contribution in [1.29, 1.82) is 0 Å². The molecule has 2 heterocycles. The summed E-state index contributed by atoms with van der Waals surface area (Å²) in [4.78, 5) is 5.52. The molecule has 0 N–H and O–H groups in total. The maximum Gasteiger partial charge on any atom is 0.0542 e. The van der Waals surface area contributed by atoms with Crippen LogP contribution in [0.1, 0.15) is 226 Å². The van der Waals surface area contributed by atoms with Gasteiger partial charge in [0.2, 0.25) is 0 Å². The minimum Gasteiger partial charge on any atom is -0.309 e. The lowest BCUT2D eigenvalue weighted by Crippen LogP contribution is -2.35. The molecule has 6 aliphatic rings. The zero-order valence-corrected chi connectivity index (χ0v) is 49.8. The summed E-state index contributed by atoms with van der Waals surface area (Å²) in [5.74, 6) is 0.0539. The standard InChI is InChI=1S/C75H84N2/c1-44-34-64-67-65(35-44)77(62-29-26-50(70(5,6)7)40-52(62)45-22-24-49(25-23-45)69(2,3)4)63-39-48-36-46-20-18-19-21-56(46)75(16,17)58(48)43-54(63)66(67)55-37-47-38-59-61(74(14,15)33-32-72(59,10)11)42-53(47)68(55)76(64)51-27-28-57-60(41-51)73(12,13)31-30-71(57,8)9/h18-29,34-35,38-43,66H,30-33,36-37H2,1-17H3.